The molecule has 4 amide bonds. The van der Waals surface area contributed by atoms with E-state index in [0.717, 1.165) is 0 Å². The van der Waals surface area contributed by atoms with Gasteiger partial charge in [0.05, 0.1) is 32.4 Å². The van der Waals surface area contributed by atoms with Crippen LogP contribution in [0.3, 0.4) is 0 Å². The number of hydrogen-bond acceptors (Lipinski definition) is 10. The Labute approximate surface area is 250 Å². The van der Waals surface area contributed by atoms with Crippen molar-refractivity contribution in [2.45, 2.75) is 72.3 Å². The fraction of sp³-hybridized carbons (Fsp3) is 0.821. The van der Waals surface area contributed by atoms with Crippen LogP contribution in [0, 0.1) is 11.8 Å². The van der Waals surface area contributed by atoms with Gasteiger partial charge in [0.25, 0.3) is 0 Å². The minimum atomic E-state index is -0.882. The van der Waals surface area contributed by atoms with Gasteiger partial charge in [-0.3, -0.25) is 14.4 Å². The van der Waals surface area contributed by atoms with E-state index in [1.54, 1.807) is 21.0 Å². The predicted octanol–water partition coefficient (Wildman–Crippen LogP) is 1.28. The van der Waals surface area contributed by atoms with Gasteiger partial charge >= 0.3 is 12.1 Å². The molecule has 7 N–H and O–H groups in total. The van der Waals surface area contributed by atoms with E-state index in [9.17, 15) is 24.0 Å². The van der Waals surface area contributed by atoms with Gasteiger partial charge in [-0.1, -0.05) is 21.3 Å². The maximum atomic E-state index is 13.2. The number of amides is 4. The highest BCUT2D eigenvalue weighted by atomic mass is 16.6. The number of primary amides is 1. The molecule has 0 aromatic carbocycles. The molecule has 0 saturated carbocycles. The minimum absolute atomic E-state index is 0. The number of rotatable bonds is 26. The molecule has 246 valence electrons. The van der Waals surface area contributed by atoms with E-state index in [1.165, 1.54) is 0 Å². The number of Topliss-reactive ketones (excluding diaryl/α,β-unsaturated/α-hetero) is 2. The van der Waals surface area contributed by atoms with Crippen LogP contribution < -0.4 is 27.4 Å². The van der Waals surface area contributed by atoms with Gasteiger partial charge in [-0.15, -0.1) is 0 Å². The van der Waals surface area contributed by atoms with Crippen LogP contribution in [0.25, 0.3) is 0 Å². The lowest BCUT2D eigenvalue weighted by Crippen LogP contribution is -2.46. The van der Waals surface area contributed by atoms with Crippen molar-refractivity contribution in [3.8, 4) is 0 Å². The third-order valence-electron chi connectivity index (χ3n) is 5.97. The van der Waals surface area contributed by atoms with Gasteiger partial charge < -0.3 is 46.4 Å². The Balaban J connectivity index is 0. The van der Waals surface area contributed by atoms with Gasteiger partial charge in [0.2, 0.25) is 5.91 Å². The topological polar surface area (TPSA) is 210 Å². The first kappa shape index (κ1) is 41.3. The quantitative estimate of drug-likeness (QED) is 0.0891. The Kier molecular flexibility index (Phi) is 26.6. The van der Waals surface area contributed by atoms with E-state index < -0.39 is 30.0 Å². The predicted molar refractivity (Wildman–Crippen MR) is 159 cm³/mol. The van der Waals surface area contributed by atoms with Gasteiger partial charge in [0.1, 0.15) is 6.61 Å². The zero-order valence-corrected chi connectivity index (χ0v) is 24.9. The Bertz CT molecular complexity index is 768. The monoisotopic (exact) mass is 605 g/mol. The van der Waals surface area contributed by atoms with Gasteiger partial charge in [0, 0.05) is 45.6 Å². The normalized spacial score (nSPS) is 12.1. The van der Waals surface area contributed by atoms with Crippen molar-refractivity contribution in [1.82, 2.24) is 16.0 Å². The fourth-order valence-corrected chi connectivity index (χ4v) is 3.71. The van der Waals surface area contributed by atoms with E-state index in [2.05, 4.69) is 16.0 Å². The molecule has 0 rings (SSSR count). The number of ether oxygens (including phenoxy) is 4. The molecular weight excluding hydrogens is 550 g/mol. The zero-order chi connectivity index (χ0) is 30.9. The van der Waals surface area contributed by atoms with Gasteiger partial charge in [0.15, 0.2) is 11.6 Å². The minimum Gasteiger partial charge on any atom is -0.447 e. The van der Waals surface area contributed by atoms with Crippen LogP contribution in [0.5, 0.6) is 0 Å². The van der Waals surface area contributed by atoms with E-state index in [1.807, 2.05) is 0 Å². The molecular formula is C28H55N5O9. The Hall–Kier alpha value is -2.81. The van der Waals surface area contributed by atoms with E-state index in [-0.39, 0.29) is 64.1 Å². The highest BCUT2D eigenvalue weighted by molar-refractivity contribution is 5.93. The second kappa shape index (κ2) is 27.0. The van der Waals surface area contributed by atoms with Gasteiger partial charge in [-0.05, 0) is 44.6 Å². The highest BCUT2D eigenvalue weighted by Gasteiger charge is 2.30. The van der Waals surface area contributed by atoms with Crippen LogP contribution >= 0.6 is 0 Å². The standard InChI is InChI=1S/C27H51N5O9.CH4/c1-20(2)24(32-27(37)41-17-16-40-13-7-10-28)23(34)18-21(8-6-11-30-26(29)36)25(35)31-19-22(33)9-4-5-12-39-15-14-38-3;/h20-21,24H,4-19,28H2,1-3H3,(H,31,35)(H,32,37)(H3,29,30,36);1H4. The number of ketones is 2. The van der Waals surface area contributed by atoms with Gasteiger partial charge in [-0.25, -0.2) is 9.59 Å². The van der Waals surface area contributed by atoms with E-state index >= 15 is 0 Å². The van der Waals surface area contributed by atoms with Crippen LogP contribution in [0.1, 0.15) is 66.2 Å². The summed E-state index contributed by atoms with van der Waals surface area (Å²) < 4.78 is 20.6. The lowest BCUT2D eigenvalue weighted by molar-refractivity contribution is -0.131. The molecule has 0 spiro atoms. The molecule has 42 heavy (non-hydrogen) atoms. The summed E-state index contributed by atoms with van der Waals surface area (Å²) >= 11 is 0. The van der Waals surface area contributed by atoms with Crippen LogP contribution in [0.4, 0.5) is 9.59 Å². The lowest BCUT2D eigenvalue weighted by atomic mass is 9.89. The summed E-state index contributed by atoms with van der Waals surface area (Å²) in [5.74, 6) is -1.97. The first-order valence-electron chi connectivity index (χ1n) is 14.3. The maximum Gasteiger partial charge on any atom is 0.407 e. The molecule has 0 heterocycles. The molecule has 0 fully saturated rings. The number of carbonyl (C=O) groups is 5. The Morgan fingerprint density at radius 1 is 0.833 bits per heavy atom. The number of hydrogen-bond donors (Lipinski definition) is 5. The number of nitrogens with two attached hydrogens (primary N) is 2. The second-order valence-corrected chi connectivity index (χ2v) is 9.88. The molecule has 0 aromatic heterocycles. The van der Waals surface area contributed by atoms with Crippen molar-refractivity contribution >= 4 is 29.6 Å². The summed E-state index contributed by atoms with van der Waals surface area (Å²) in [6.45, 7) is 6.32. The molecule has 2 unspecified atom stereocenters. The Morgan fingerprint density at radius 2 is 1.50 bits per heavy atom. The second-order valence-electron chi connectivity index (χ2n) is 9.88. The SMILES string of the molecule is C.COCCOCCCCC(=O)CNC(=O)C(CCCNC(N)=O)CC(=O)C(NC(=O)OCCOCCCN)C(C)C. The van der Waals surface area contributed by atoms with Gasteiger partial charge in [-0.2, -0.15) is 0 Å². The van der Waals surface area contributed by atoms with Crippen LogP contribution in [-0.2, 0) is 33.3 Å². The van der Waals surface area contributed by atoms with Crippen LogP contribution in [-0.4, -0.2) is 102 Å². The average molecular weight is 606 g/mol. The van der Waals surface area contributed by atoms with Crippen molar-refractivity contribution in [2.75, 3.05) is 66.4 Å². The number of nitrogens with one attached hydrogen (secondary N) is 3. The van der Waals surface area contributed by atoms with Crippen molar-refractivity contribution in [3.05, 3.63) is 0 Å². The molecule has 0 radical (unpaired) electrons. The number of carbonyl (C=O) groups excluding carboxylic acids is 5. The summed E-state index contributed by atoms with van der Waals surface area (Å²) in [6, 6.07) is -1.57. The molecule has 0 saturated heterocycles. The van der Waals surface area contributed by atoms with Crippen molar-refractivity contribution in [2.24, 2.45) is 23.3 Å². The van der Waals surface area contributed by atoms with Crippen LogP contribution in [0.2, 0.25) is 0 Å². The molecule has 0 aromatic rings. The van der Waals surface area contributed by atoms with Crippen molar-refractivity contribution in [1.29, 1.82) is 0 Å². The number of unbranched alkanes of at least 4 members (excludes halogenated alkanes) is 1. The summed E-state index contributed by atoms with van der Waals surface area (Å²) in [4.78, 5) is 61.6. The van der Waals surface area contributed by atoms with Crippen LogP contribution in [0.15, 0.2) is 0 Å². The smallest absolute Gasteiger partial charge is 0.407 e. The number of alkyl carbamates (subject to hydrolysis) is 1. The first-order chi connectivity index (χ1) is 19.6. The molecule has 14 heteroatoms. The average Bonchev–Trinajstić information content (AvgIpc) is 2.92. The largest absolute Gasteiger partial charge is 0.447 e. The summed E-state index contributed by atoms with van der Waals surface area (Å²) in [7, 11) is 1.59. The summed E-state index contributed by atoms with van der Waals surface area (Å²) in [5.41, 5.74) is 10.5. The number of urea groups is 1. The summed E-state index contributed by atoms with van der Waals surface area (Å²) in [6.07, 6.45) is 2.04. The number of methoxy groups -OCH3 is 1. The molecule has 0 bridgehead atoms. The third kappa shape index (κ3) is 22.8. The van der Waals surface area contributed by atoms with Crippen molar-refractivity contribution < 1.29 is 42.9 Å². The molecule has 0 aliphatic heterocycles. The summed E-state index contributed by atoms with van der Waals surface area (Å²) in [5, 5.41) is 7.66. The van der Waals surface area contributed by atoms with E-state index in [0.29, 0.717) is 65.1 Å². The molecule has 2 atom stereocenters. The molecule has 14 nitrogen and oxygen atoms in total. The van der Waals surface area contributed by atoms with Crippen molar-refractivity contribution in [3.63, 3.8) is 0 Å². The van der Waals surface area contributed by atoms with E-state index in [4.69, 9.17) is 30.4 Å². The third-order valence-corrected chi connectivity index (χ3v) is 5.97. The molecule has 0 aliphatic rings. The fourth-order valence-electron chi connectivity index (χ4n) is 3.71. The highest BCUT2D eigenvalue weighted by Crippen LogP contribution is 2.16. The zero-order valence-electron chi connectivity index (χ0n) is 24.9. The first-order valence-corrected chi connectivity index (χ1v) is 14.3. The lowest BCUT2D eigenvalue weighted by Gasteiger charge is -2.23. The maximum absolute atomic E-state index is 13.2. The molecule has 0 aliphatic carbocycles. The Morgan fingerprint density at radius 3 is 2.12 bits per heavy atom.